The average molecular weight is 254 g/mol. The first-order valence-electron chi connectivity index (χ1n) is 6.85. The van der Waals surface area contributed by atoms with Crippen LogP contribution < -0.4 is 5.32 Å². The first-order valence-corrected chi connectivity index (χ1v) is 6.85. The fourth-order valence-corrected chi connectivity index (χ4v) is 2.07. The summed E-state index contributed by atoms with van der Waals surface area (Å²) >= 11 is 0. The zero-order valence-corrected chi connectivity index (χ0v) is 11.7. The van der Waals surface area contributed by atoms with Crippen molar-refractivity contribution < 1.29 is 9.53 Å². The number of likely N-dealkylation sites (tertiary alicyclic amines) is 1. The van der Waals surface area contributed by atoms with Gasteiger partial charge in [0.1, 0.15) is 0 Å². The molecule has 104 valence electrons. The van der Waals surface area contributed by atoms with E-state index in [1.807, 2.05) is 18.7 Å². The number of hydrogen-bond donors (Lipinski definition) is 1. The highest BCUT2D eigenvalue weighted by molar-refractivity contribution is 5.81. The highest BCUT2D eigenvalue weighted by atomic mass is 16.5. The molecule has 1 atom stereocenters. The minimum absolute atomic E-state index is 0.114. The van der Waals surface area contributed by atoms with Gasteiger partial charge in [-0.3, -0.25) is 4.79 Å². The monoisotopic (exact) mass is 254 g/mol. The quantitative estimate of drug-likeness (QED) is 0.554. The van der Waals surface area contributed by atoms with Gasteiger partial charge in [-0.2, -0.15) is 0 Å². The topological polar surface area (TPSA) is 41.6 Å². The summed E-state index contributed by atoms with van der Waals surface area (Å²) in [5.41, 5.74) is 1.02. The van der Waals surface area contributed by atoms with Gasteiger partial charge in [0.05, 0.1) is 19.3 Å². The lowest BCUT2D eigenvalue weighted by Crippen LogP contribution is -2.47. The second-order valence-corrected chi connectivity index (χ2v) is 5.07. The van der Waals surface area contributed by atoms with Crippen molar-refractivity contribution in [1.82, 2.24) is 10.2 Å². The maximum atomic E-state index is 12.1. The van der Waals surface area contributed by atoms with Crippen molar-refractivity contribution in [2.24, 2.45) is 0 Å². The van der Waals surface area contributed by atoms with E-state index in [9.17, 15) is 4.79 Å². The molecule has 0 bridgehead atoms. The molecule has 0 radical (unpaired) electrons. The molecule has 0 aliphatic carbocycles. The summed E-state index contributed by atoms with van der Waals surface area (Å²) in [4.78, 5) is 14.0. The van der Waals surface area contributed by atoms with Crippen LogP contribution in [-0.2, 0) is 9.53 Å². The Labute approximate surface area is 110 Å². The number of hydrogen-bond acceptors (Lipinski definition) is 3. The number of carbonyl (C=O) groups is 1. The number of rotatable bonds is 7. The number of nitrogens with zero attached hydrogens (tertiary/aromatic N) is 1. The Kier molecular flexibility index (Phi) is 6.98. The Balaban J connectivity index is 2.13. The molecule has 1 heterocycles. The minimum Gasteiger partial charge on any atom is -0.376 e. The van der Waals surface area contributed by atoms with Crippen LogP contribution in [0.2, 0.25) is 0 Å². The van der Waals surface area contributed by atoms with Gasteiger partial charge in [0.2, 0.25) is 5.91 Å². The molecule has 4 nitrogen and oxygen atoms in total. The molecule has 1 rings (SSSR count). The van der Waals surface area contributed by atoms with Gasteiger partial charge >= 0.3 is 0 Å². The van der Waals surface area contributed by atoms with Crippen molar-refractivity contribution >= 4 is 5.91 Å². The third-order valence-corrected chi connectivity index (χ3v) is 3.08. The summed E-state index contributed by atoms with van der Waals surface area (Å²) in [6.07, 6.45) is 3.53. The number of nitrogens with one attached hydrogen (secondary N) is 1. The van der Waals surface area contributed by atoms with Crippen LogP contribution >= 0.6 is 0 Å². The number of ether oxygens (including phenoxy) is 1. The van der Waals surface area contributed by atoms with Crippen LogP contribution in [0.25, 0.3) is 0 Å². The Hall–Kier alpha value is -0.870. The summed E-state index contributed by atoms with van der Waals surface area (Å²) < 4.78 is 5.38. The van der Waals surface area contributed by atoms with E-state index in [1.165, 1.54) is 6.42 Å². The molecule has 0 aromatic rings. The van der Waals surface area contributed by atoms with E-state index in [2.05, 4.69) is 11.9 Å². The van der Waals surface area contributed by atoms with Crippen molar-refractivity contribution in [3.05, 3.63) is 12.2 Å². The van der Waals surface area contributed by atoms with E-state index in [1.54, 1.807) is 0 Å². The van der Waals surface area contributed by atoms with Gasteiger partial charge in [0.15, 0.2) is 0 Å². The lowest BCUT2D eigenvalue weighted by Gasteiger charge is -2.29. The normalized spacial score (nSPS) is 17.6. The van der Waals surface area contributed by atoms with Crippen molar-refractivity contribution in [2.75, 3.05) is 32.8 Å². The lowest BCUT2D eigenvalue weighted by atomic mass is 10.1. The molecular formula is C14H26N2O2. The zero-order valence-electron chi connectivity index (χ0n) is 11.7. The maximum Gasteiger partial charge on any atom is 0.239 e. The number of amides is 1. The van der Waals surface area contributed by atoms with Crippen molar-refractivity contribution in [1.29, 1.82) is 0 Å². The average Bonchev–Trinajstić information content (AvgIpc) is 2.38. The van der Waals surface area contributed by atoms with Gasteiger partial charge in [-0.25, -0.2) is 0 Å². The van der Waals surface area contributed by atoms with Crippen molar-refractivity contribution in [3.63, 3.8) is 0 Å². The van der Waals surface area contributed by atoms with E-state index < -0.39 is 0 Å². The summed E-state index contributed by atoms with van der Waals surface area (Å²) in [5.74, 6) is 0.217. The van der Waals surface area contributed by atoms with E-state index in [4.69, 9.17) is 4.74 Å². The zero-order chi connectivity index (χ0) is 13.4. The summed E-state index contributed by atoms with van der Waals surface area (Å²) in [7, 11) is 0. The number of carbonyl (C=O) groups excluding carboxylic acids is 1. The first-order chi connectivity index (χ1) is 8.61. The fraction of sp³-hybridized carbons (Fsp3) is 0.786. The highest BCUT2D eigenvalue weighted by Crippen LogP contribution is 2.09. The molecule has 1 amide bonds. The highest BCUT2D eigenvalue weighted by Gasteiger charge is 2.21. The van der Waals surface area contributed by atoms with Crippen LogP contribution in [0.3, 0.4) is 0 Å². The molecule has 1 unspecified atom stereocenters. The van der Waals surface area contributed by atoms with E-state index in [0.29, 0.717) is 19.8 Å². The van der Waals surface area contributed by atoms with Crippen LogP contribution in [-0.4, -0.2) is 49.7 Å². The Morgan fingerprint density at radius 2 is 2.06 bits per heavy atom. The van der Waals surface area contributed by atoms with E-state index >= 15 is 0 Å². The van der Waals surface area contributed by atoms with Crippen LogP contribution in [0, 0.1) is 0 Å². The molecule has 1 aliphatic rings. The SMILES string of the molecule is C=C(C)COCCNC(C)C(=O)N1CCCCC1. The van der Waals surface area contributed by atoms with Gasteiger partial charge < -0.3 is 15.0 Å². The molecule has 0 saturated carbocycles. The lowest BCUT2D eigenvalue weighted by molar-refractivity contribution is -0.133. The second kappa shape index (κ2) is 8.27. The molecule has 1 aliphatic heterocycles. The van der Waals surface area contributed by atoms with Crippen LogP contribution in [0.1, 0.15) is 33.1 Å². The van der Waals surface area contributed by atoms with E-state index in [-0.39, 0.29) is 11.9 Å². The molecule has 1 saturated heterocycles. The van der Waals surface area contributed by atoms with Gasteiger partial charge in [-0.1, -0.05) is 12.2 Å². The molecular weight excluding hydrogens is 228 g/mol. The minimum atomic E-state index is -0.114. The van der Waals surface area contributed by atoms with Crippen LogP contribution in [0.4, 0.5) is 0 Å². The fourth-order valence-electron chi connectivity index (χ4n) is 2.07. The Morgan fingerprint density at radius 1 is 1.39 bits per heavy atom. The van der Waals surface area contributed by atoms with Crippen LogP contribution in [0.5, 0.6) is 0 Å². The van der Waals surface area contributed by atoms with Crippen molar-refractivity contribution in [3.8, 4) is 0 Å². The smallest absolute Gasteiger partial charge is 0.239 e. The molecule has 4 heteroatoms. The number of piperidine rings is 1. The third kappa shape index (κ3) is 5.65. The van der Waals surface area contributed by atoms with Crippen LogP contribution in [0.15, 0.2) is 12.2 Å². The standard InChI is InChI=1S/C14H26N2O2/c1-12(2)11-18-10-7-15-13(3)14(17)16-8-5-4-6-9-16/h13,15H,1,4-11H2,2-3H3. The van der Waals surface area contributed by atoms with E-state index in [0.717, 1.165) is 31.5 Å². The summed E-state index contributed by atoms with van der Waals surface area (Å²) in [6, 6.07) is -0.114. The Bertz CT molecular complexity index is 273. The predicted octanol–water partition coefficient (Wildman–Crippen LogP) is 1.57. The van der Waals surface area contributed by atoms with Gasteiger partial charge in [-0.15, -0.1) is 0 Å². The van der Waals surface area contributed by atoms with Crippen molar-refractivity contribution in [2.45, 2.75) is 39.2 Å². The molecule has 1 N–H and O–H groups in total. The molecule has 0 aromatic carbocycles. The largest absolute Gasteiger partial charge is 0.376 e. The third-order valence-electron chi connectivity index (χ3n) is 3.08. The molecule has 0 aromatic heterocycles. The molecule has 18 heavy (non-hydrogen) atoms. The predicted molar refractivity (Wildman–Crippen MR) is 73.5 cm³/mol. The summed E-state index contributed by atoms with van der Waals surface area (Å²) in [5, 5.41) is 3.21. The van der Waals surface area contributed by atoms with Gasteiger partial charge in [0, 0.05) is 19.6 Å². The molecule has 1 fully saturated rings. The van der Waals surface area contributed by atoms with Gasteiger partial charge in [0.25, 0.3) is 0 Å². The molecule has 0 spiro atoms. The second-order valence-electron chi connectivity index (χ2n) is 5.07. The first kappa shape index (κ1) is 15.2. The Morgan fingerprint density at radius 3 is 2.67 bits per heavy atom. The summed E-state index contributed by atoms with van der Waals surface area (Å²) in [6.45, 7) is 11.4. The maximum absolute atomic E-state index is 12.1. The van der Waals surface area contributed by atoms with Gasteiger partial charge in [-0.05, 0) is 33.1 Å².